The number of nitrogens with zero attached hydrogens (tertiary/aromatic N) is 2. The first-order valence-corrected chi connectivity index (χ1v) is 11.2. The number of piperidine rings is 1. The summed E-state index contributed by atoms with van der Waals surface area (Å²) in [4.78, 5) is 2.50. The quantitative estimate of drug-likeness (QED) is 0.614. The van der Waals surface area contributed by atoms with Crippen molar-refractivity contribution in [3.05, 3.63) is 71.3 Å². The van der Waals surface area contributed by atoms with Gasteiger partial charge in [-0.25, -0.2) is 0 Å². The second kappa shape index (κ2) is 10.2. The second-order valence-corrected chi connectivity index (χ2v) is 8.81. The zero-order valence-electron chi connectivity index (χ0n) is 17.8. The molecule has 2 aromatic carbocycles. The summed E-state index contributed by atoms with van der Waals surface area (Å²) < 4.78 is 12.3. The van der Waals surface area contributed by atoms with Crippen LogP contribution in [0.2, 0.25) is 0 Å². The Kier molecular flexibility index (Phi) is 7.17. The number of nitriles is 1. The summed E-state index contributed by atoms with van der Waals surface area (Å²) in [6.45, 7) is 5.46. The van der Waals surface area contributed by atoms with Gasteiger partial charge in [-0.15, -0.1) is 0 Å². The highest BCUT2D eigenvalue weighted by molar-refractivity contribution is 5.32. The minimum Gasteiger partial charge on any atom is -0.377 e. The molecule has 0 aliphatic carbocycles. The normalized spacial score (nSPS) is 21.4. The first-order chi connectivity index (χ1) is 14.7. The van der Waals surface area contributed by atoms with Crippen LogP contribution in [0.3, 0.4) is 0 Å². The van der Waals surface area contributed by atoms with Crippen LogP contribution in [0.1, 0.15) is 48.8 Å². The third-order valence-corrected chi connectivity index (χ3v) is 6.61. The van der Waals surface area contributed by atoms with Gasteiger partial charge in [0.2, 0.25) is 0 Å². The van der Waals surface area contributed by atoms with Crippen molar-refractivity contribution in [3.63, 3.8) is 0 Å². The van der Waals surface area contributed by atoms with Gasteiger partial charge in [0.15, 0.2) is 0 Å². The molecule has 0 amide bonds. The molecule has 4 rings (SSSR count). The standard InChI is InChI=1S/C26H32N2O2/c27-19-24-7-4-8-25(17-24)20-28-13-11-26(12-14-28)18-22(10-16-30-26)9-15-29-21-23-5-2-1-3-6-23/h1-8,17,22H,9-16,18,20-21H2. The SMILES string of the molecule is N#Cc1cccc(CN2CCC3(CC2)CC(CCOCc2ccccc2)CCO3)c1. The summed E-state index contributed by atoms with van der Waals surface area (Å²) in [6, 6.07) is 20.6. The molecule has 2 aliphatic heterocycles. The third kappa shape index (κ3) is 5.70. The molecule has 4 nitrogen and oxygen atoms in total. The van der Waals surface area contributed by atoms with E-state index in [1.807, 2.05) is 24.3 Å². The Hall–Kier alpha value is -2.19. The fourth-order valence-corrected chi connectivity index (χ4v) is 4.85. The molecule has 1 spiro atoms. The van der Waals surface area contributed by atoms with E-state index < -0.39 is 0 Å². The molecule has 2 fully saturated rings. The highest BCUT2D eigenvalue weighted by atomic mass is 16.5. The summed E-state index contributed by atoms with van der Waals surface area (Å²) in [6.07, 6.45) is 5.65. The van der Waals surface area contributed by atoms with E-state index in [-0.39, 0.29) is 5.60 Å². The first-order valence-electron chi connectivity index (χ1n) is 11.2. The monoisotopic (exact) mass is 404 g/mol. The lowest BCUT2D eigenvalue weighted by Crippen LogP contribution is -2.49. The minimum absolute atomic E-state index is 0.0628. The average molecular weight is 405 g/mol. The van der Waals surface area contributed by atoms with Gasteiger partial charge in [-0.3, -0.25) is 4.90 Å². The second-order valence-electron chi connectivity index (χ2n) is 8.81. The van der Waals surface area contributed by atoms with Crippen molar-refractivity contribution >= 4 is 0 Å². The van der Waals surface area contributed by atoms with Crippen LogP contribution in [0.5, 0.6) is 0 Å². The Morgan fingerprint density at radius 3 is 2.67 bits per heavy atom. The maximum atomic E-state index is 9.11. The van der Waals surface area contributed by atoms with E-state index in [9.17, 15) is 0 Å². The van der Waals surface area contributed by atoms with Crippen molar-refractivity contribution in [2.45, 2.75) is 50.9 Å². The van der Waals surface area contributed by atoms with Crippen LogP contribution in [-0.4, -0.2) is 36.8 Å². The molecule has 2 aromatic rings. The van der Waals surface area contributed by atoms with E-state index in [1.54, 1.807) is 0 Å². The van der Waals surface area contributed by atoms with Crippen molar-refractivity contribution in [1.29, 1.82) is 5.26 Å². The largest absolute Gasteiger partial charge is 0.377 e. The molecule has 30 heavy (non-hydrogen) atoms. The number of rotatable bonds is 7. The van der Waals surface area contributed by atoms with Crippen LogP contribution >= 0.6 is 0 Å². The van der Waals surface area contributed by atoms with Gasteiger partial charge in [0.05, 0.1) is 23.8 Å². The molecular formula is C26H32N2O2. The van der Waals surface area contributed by atoms with Crippen LogP contribution < -0.4 is 0 Å². The van der Waals surface area contributed by atoms with E-state index in [4.69, 9.17) is 14.7 Å². The van der Waals surface area contributed by atoms with Crippen LogP contribution in [0.4, 0.5) is 0 Å². The number of benzene rings is 2. The Morgan fingerprint density at radius 1 is 1.07 bits per heavy atom. The molecule has 0 radical (unpaired) electrons. The lowest BCUT2D eigenvalue weighted by Gasteiger charge is -2.46. The summed E-state index contributed by atoms with van der Waals surface area (Å²) in [5.41, 5.74) is 3.28. The Balaban J connectivity index is 1.21. The molecule has 0 N–H and O–H groups in total. The van der Waals surface area contributed by atoms with E-state index in [1.165, 1.54) is 17.5 Å². The molecule has 2 heterocycles. The Morgan fingerprint density at radius 2 is 1.87 bits per heavy atom. The van der Waals surface area contributed by atoms with E-state index in [0.717, 1.165) is 64.1 Å². The molecule has 158 valence electrons. The zero-order chi connectivity index (χ0) is 20.7. The first kappa shape index (κ1) is 21.1. The van der Waals surface area contributed by atoms with Gasteiger partial charge in [0, 0.05) is 32.8 Å². The molecule has 0 bridgehead atoms. The number of ether oxygens (including phenoxy) is 2. The number of hydrogen-bond donors (Lipinski definition) is 0. The highest BCUT2D eigenvalue weighted by Crippen LogP contribution is 2.39. The van der Waals surface area contributed by atoms with E-state index >= 15 is 0 Å². The van der Waals surface area contributed by atoms with Gasteiger partial charge in [0.25, 0.3) is 0 Å². The summed E-state index contributed by atoms with van der Waals surface area (Å²) in [5.74, 6) is 0.702. The van der Waals surface area contributed by atoms with Crippen molar-refractivity contribution < 1.29 is 9.47 Å². The molecule has 1 unspecified atom stereocenters. The van der Waals surface area contributed by atoms with Gasteiger partial charge in [-0.05, 0) is 61.3 Å². The fraction of sp³-hybridized carbons (Fsp3) is 0.500. The minimum atomic E-state index is 0.0628. The topological polar surface area (TPSA) is 45.5 Å². The molecule has 0 aromatic heterocycles. The van der Waals surface area contributed by atoms with Crippen LogP contribution in [0.25, 0.3) is 0 Å². The number of hydrogen-bond acceptors (Lipinski definition) is 4. The van der Waals surface area contributed by atoms with Crippen molar-refractivity contribution in [2.75, 3.05) is 26.3 Å². The van der Waals surface area contributed by atoms with Crippen LogP contribution in [-0.2, 0) is 22.6 Å². The van der Waals surface area contributed by atoms with E-state index in [2.05, 4.69) is 41.3 Å². The molecule has 4 heteroatoms. The van der Waals surface area contributed by atoms with Crippen molar-refractivity contribution in [1.82, 2.24) is 4.90 Å². The Labute approximate surface area is 180 Å². The molecule has 2 aliphatic rings. The van der Waals surface area contributed by atoms with Gasteiger partial charge in [0.1, 0.15) is 0 Å². The summed E-state index contributed by atoms with van der Waals surface area (Å²) in [7, 11) is 0. The van der Waals surface area contributed by atoms with Crippen molar-refractivity contribution in [3.8, 4) is 6.07 Å². The molecule has 1 atom stereocenters. The predicted octanol–water partition coefficient (Wildman–Crippen LogP) is 4.93. The van der Waals surface area contributed by atoms with Crippen molar-refractivity contribution in [2.24, 2.45) is 5.92 Å². The predicted molar refractivity (Wildman–Crippen MR) is 118 cm³/mol. The number of likely N-dealkylation sites (tertiary alicyclic amines) is 1. The van der Waals surface area contributed by atoms with Gasteiger partial charge in [-0.2, -0.15) is 5.26 Å². The third-order valence-electron chi connectivity index (χ3n) is 6.61. The maximum Gasteiger partial charge on any atom is 0.0991 e. The van der Waals surface area contributed by atoms with Crippen LogP contribution in [0, 0.1) is 17.2 Å². The average Bonchev–Trinajstić information content (AvgIpc) is 2.80. The molecule has 0 saturated carbocycles. The van der Waals surface area contributed by atoms with Gasteiger partial charge in [-0.1, -0.05) is 42.5 Å². The van der Waals surface area contributed by atoms with Gasteiger partial charge < -0.3 is 9.47 Å². The smallest absolute Gasteiger partial charge is 0.0991 e. The summed E-state index contributed by atoms with van der Waals surface area (Å²) in [5, 5.41) is 9.11. The molecule has 2 saturated heterocycles. The lowest BCUT2D eigenvalue weighted by atomic mass is 9.78. The highest BCUT2D eigenvalue weighted by Gasteiger charge is 2.40. The summed E-state index contributed by atoms with van der Waals surface area (Å²) >= 11 is 0. The lowest BCUT2D eigenvalue weighted by molar-refractivity contribution is -0.130. The maximum absolute atomic E-state index is 9.11. The van der Waals surface area contributed by atoms with Crippen LogP contribution in [0.15, 0.2) is 54.6 Å². The zero-order valence-corrected chi connectivity index (χ0v) is 17.8. The molecular weight excluding hydrogens is 372 g/mol. The van der Waals surface area contributed by atoms with E-state index in [0.29, 0.717) is 12.5 Å². The Bertz CT molecular complexity index is 838. The van der Waals surface area contributed by atoms with Gasteiger partial charge >= 0.3 is 0 Å². The fourth-order valence-electron chi connectivity index (χ4n) is 4.85.